The van der Waals surface area contributed by atoms with Crippen LogP contribution in [-0.4, -0.2) is 23.6 Å². The van der Waals surface area contributed by atoms with E-state index in [2.05, 4.69) is 23.8 Å². The molecule has 0 unspecified atom stereocenters. The van der Waals surface area contributed by atoms with Gasteiger partial charge in [0.25, 0.3) is 0 Å². The molecule has 7 heteroatoms. The lowest BCUT2D eigenvalue weighted by molar-refractivity contribution is -0.139. The van der Waals surface area contributed by atoms with Crippen LogP contribution in [0.25, 0.3) is 0 Å². The lowest BCUT2D eigenvalue weighted by Crippen LogP contribution is -2.18. The largest absolute Gasteiger partial charge is 0.477 e. The zero-order chi connectivity index (χ0) is 19.5. The van der Waals surface area contributed by atoms with Crippen molar-refractivity contribution in [3.8, 4) is 5.88 Å². The zero-order valence-electron chi connectivity index (χ0n) is 15.6. The van der Waals surface area contributed by atoms with Crippen LogP contribution < -0.4 is 9.64 Å². The van der Waals surface area contributed by atoms with Gasteiger partial charge >= 0.3 is 6.18 Å². The SMILES string of the molecule is CC(C)COc1nc(N(C)c2ccc(C(C)C)cc2)ncc1C(F)(F)F. The maximum absolute atomic E-state index is 13.2. The number of nitrogens with zero attached hydrogens (tertiary/aromatic N) is 3. The Morgan fingerprint density at radius 1 is 1.08 bits per heavy atom. The van der Waals surface area contributed by atoms with Crippen LogP contribution >= 0.6 is 0 Å². The molecule has 2 aromatic rings. The molecule has 26 heavy (non-hydrogen) atoms. The number of hydrogen-bond acceptors (Lipinski definition) is 4. The van der Waals surface area contributed by atoms with E-state index in [-0.39, 0.29) is 18.5 Å². The van der Waals surface area contributed by atoms with Gasteiger partial charge in [-0.05, 0) is 29.5 Å². The molecule has 0 N–H and O–H groups in total. The highest BCUT2D eigenvalue weighted by atomic mass is 19.4. The number of hydrogen-bond donors (Lipinski definition) is 0. The summed E-state index contributed by atoms with van der Waals surface area (Å²) in [6, 6.07) is 7.75. The molecule has 0 bridgehead atoms. The van der Waals surface area contributed by atoms with Gasteiger partial charge in [0, 0.05) is 18.9 Å². The van der Waals surface area contributed by atoms with E-state index in [0.29, 0.717) is 5.92 Å². The molecule has 0 aliphatic heterocycles. The van der Waals surface area contributed by atoms with Gasteiger partial charge in [0.15, 0.2) is 0 Å². The van der Waals surface area contributed by atoms with E-state index in [9.17, 15) is 13.2 Å². The Morgan fingerprint density at radius 2 is 1.69 bits per heavy atom. The first kappa shape index (κ1) is 20.0. The Balaban J connectivity index is 2.34. The van der Waals surface area contributed by atoms with Gasteiger partial charge in [-0.15, -0.1) is 0 Å². The summed E-state index contributed by atoms with van der Waals surface area (Å²) in [4.78, 5) is 9.53. The van der Waals surface area contributed by atoms with Crippen molar-refractivity contribution in [2.75, 3.05) is 18.6 Å². The van der Waals surface area contributed by atoms with E-state index < -0.39 is 17.6 Å². The van der Waals surface area contributed by atoms with Crippen molar-refractivity contribution in [3.63, 3.8) is 0 Å². The second kappa shape index (κ2) is 7.93. The fraction of sp³-hybridized carbons (Fsp3) is 0.474. The number of aromatic nitrogens is 2. The van der Waals surface area contributed by atoms with E-state index in [4.69, 9.17) is 4.74 Å². The van der Waals surface area contributed by atoms with Crippen molar-refractivity contribution in [1.29, 1.82) is 0 Å². The second-order valence-electron chi connectivity index (χ2n) is 6.90. The average Bonchev–Trinajstić information content (AvgIpc) is 2.58. The van der Waals surface area contributed by atoms with Crippen molar-refractivity contribution in [1.82, 2.24) is 9.97 Å². The molecular formula is C19H24F3N3O. The van der Waals surface area contributed by atoms with E-state index in [1.165, 1.54) is 5.56 Å². The van der Waals surface area contributed by atoms with E-state index in [0.717, 1.165) is 11.9 Å². The average molecular weight is 367 g/mol. The van der Waals surface area contributed by atoms with Crippen LogP contribution in [0.15, 0.2) is 30.5 Å². The fourth-order valence-corrected chi connectivity index (χ4v) is 2.27. The van der Waals surface area contributed by atoms with Crippen LogP contribution in [-0.2, 0) is 6.18 Å². The minimum Gasteiger partial charge on any atom is -0.477 e. The van der Waals surface area contributed by atoms with Crippen LogP contribution in [0.5, 0.6) is 5.88 Å². The number of benzene rings is 1. The van der Waals surface area contributed by atoms with Gasteiger partial charge in [0.2, 0.25) is 11.8 Å². The quantitative estimate of drug-likeness (QED) is 0.683. The van der Waals surface area contributed by atoms with Gasteiger partial charge in [0.1, 0.15) is 5.56 Å². The summed E-state index contributed by atoms with van der Waals surface area (Å²) in [7, 11) is 1.71. The molecule has 0 radical (unpaired) electrons. The molecule has 0 saturated heterocycles. The Bertz CT molecular complexity index is 728. The normalized spacial score (nSPS) is 11.9. The first-order chi connectivity index (χ1) is 12.1. The highest BCUT2D eigenvalue weighted by Crippen LogP contribution is 2.36. The molecular weight excluding hydrogens is 343 g/mol. The topological polar surface area (TPSA) is 38.2 Å². The molecule has 0 fully saturated rings. The van der Waals surface area contributed by atoms with Gasteiger partial charge in [0.05, 0.1) is 6.61 Å². The lowest BCUT2D eigenvalue weighted by Gasteiger charge is -2.20. The smallest absolute Gasteiger partial charge is 0.423 e. The maximum Gasteiger partial charge on any atom is 0.423 e. The van der Waals surface area contributed by atoms with Crippen molar-refractivity contribution >= 4 is 11.6 Å². The number of anilines is 2. The molecule has 4 nitrogen and oxygen atoms in total. The lowest BCUT2D eigenvalue weighted by atomic mass is 10.0. The summed E-state index contributed by atoms with van der Waals surface area (Å²) in [5.41, 5.74) is 0.992. The minimum atomic E-state index is -4.57. The molecule has 0 aliphatic rings. The Morgan fingerprint density at radius 3 is 2.19 bits per heavy atom. The zero-order valence-corrected chi connectivity index (χ0v) is 15.6. The number of ether oxygens (including phenoxy) is 1. The molecule has 1 aromatic heterocycles. The molecule has 0 atom stereocenters. The van der Waals surface area contributed by atoms with Crippen LogP contribution in [0.3, 0.4) is 0 Å². The summed E-state index contributed by atoms with van der Waals surface area (Å²) >= 11 is 0. The van der Waals surface area contributed by atoms with Gasteiger partial charge < -0.3 is 9.64 Å². The predicted octanol–water partition coefficient (Wildman–Crippen LogP) is 5.42. The minimum absolute atomic E-state index is 0.0795. The molecule has 0 spiro atoms. The van der Waals surface area contributed by atoms with Gasteiger partial charge in [-0.25, -0.2) is 4.98 Å². The van der Waals surface area contributed by atoms with Gasteiger partial charge in [-0.1, -0.05) is 39.8 Å². The molecule has 142 valence electrons. The predicted molar refractivity (Wildman–Crippen MR) is 96.0 cm³/mol. The van der Waals surface area contributed by atoms with Crippen molar-refractivity contribution in [3.05, 3.63) is 41.6 Å². The summed E-state index contributed by atoms with van der Waals surface area (Å²) < 4.78 is 44.8. The highest BCUT2D eigenvalue weighted by molar-refractivity contribution is 5.57. The molecule has 1 aromatic carbocycles. The van der Waals surface area contributed by atoms with Crippen molar-refractivity contribution in [2.45, 2.75) is 39.8 Å². The third kappa shape index (κ3) is 4.86. The van der Waals surface area contributed by atoms with Gasteiger partial charge in [-0.2, -0.15) is 18.2 Å². The van der Waals surface area contributed by atoms with Crippen LogP contribution in [0, 0.1) is 5.92 Å². The monoisotopic (exact) mass is 367 g/mol. The van der Waals surface area contributed by atoms with Gasteiger partial charge in [-0.3, -0.25) is 0 Å². The summed E-state index contributed by atoms with van der Waals surface area (Å²) in [5.74, 6) is 0.180. The Labute approximate surface area is 152 Å². The molecule has 0 aliphatic carbocycles. The number of alkyl halides is 3. The number of rotatable bonds is 6. The van der Waals surface area contributed by atoms with Crippen LogP contribution in [0.4, 0.5) is 24.8 Å². The first-order valence-electron chi connectivity index (χ1n) is 8.50. The molecule has 1 heterocycles. The summed E-state index contributed by atoms with van der Waals surface area (Å²) in [5, 5.41) is 0. The first-order valence-corrected chi connectivity index (χ1v) is 8.50. The third-order valence-electron chi connectivity index (χ3n) is 3.85. The van der Waals surface area contributed by atoms with Crippen molar-refractivity contribution in [2.24, 2.45) is 5.92 Å². The second-order valence-corrected chi connectivity index (χ2v) is 6.90. The molecule has 0 amide bonds. The third-order valence-corrected chi connectivity index (χ3v) is 3.85. The van der Waals surface area contributed by atoms with Crippen molar-refractivity contribution < 1.29 is 17.9 Å². The number of halogens is 3. The highest BCUT2D eigenvalue weighted by Gasteiger charge is 2.36. The van der Waals surface area contributed by atoms with E-state index >= 15 is 0 Å². The fourth-order valence-electron chi connectivity index (χ4n) is 2.27. The molecule has 2 rings (SSSR count). The standard InChI is InChI=1S/C19H24F3N3O/c1-12(2)11-26-17-16(19(20,21)22)10-23-18(24-17)25(5)15-8-6-14(7-9-15)13(3)4/h6-10,12-13H,11H2,1-5H3. The summed E-state index contributed by atoms with van der Waals surface area (Å²) in [6.45, 7) is 8.05. The maximum atomic E-state index is 13.2. The Kier molecular flexibility index (Phi) is 6.10. The van der Waals surface area contributed by atoms with Crippen LogP contribution in [0.1, 0.15) is 44.7 Å². The Hall–Kier alpha value is -2.31. The van der Waals surface area contributed by atoms with Crippen LogP contribution in [0.2, 0.25) is 0 Å². The van der Waals surface area contributed by atoms with E-state index in [1.54, 1.807) is 11.9 Å². The molecule has 0 saturated carbocycles. The van der Waals surface area contributed by atoms with E-state index in [1.807, 2.05) is 38.1 Å². The summed E-state index contributed by atoms with van der Waals surface area (Å²) in [6.07, 6.45) is -3.79.